The predicted octanol–water partition coefficient (Wildman–Crippen LogP) is 1.39. The summed E-state index contributed by atoms with van der Waals surface area (Å²) in [6.45, 7) is 2.94. The van der Waals surface area contributed by atoms with Crippen molar-refractivity contribution in [3.05, 3.63) is 11.6 Å². The Kier molecular flexibility index (Phi) is 2.69. The predicted molar refractivity (Wildman–Crippen MR) is 61.2 cm³/mol. The molecule has 3 heterocycles. The first-order valence-electron chi connectivity index (χ1n) is 6.08. The Morgan fingerprint density at radius 1 is 1.50 bits per heavy atom. The van der Waals surface area contributed by atoms with Gasteiger partial charge in [0.1, 0.15) is 0 Å². The smallest absolute Gasteiger partial charge is 0.235 e. The molecular weight excluding hydrogens is 204 g/mol. The third-order valence-electron chi connectivity index (χ3n) is 3.55. The molecule has 0 bridgehead atoms. The average molecular weight is 222 g/mol. The summed E-state index contributed by atoms with van der Waals surface area (Å²) in [5, 5.41) is 4.24. The summed E-state index contributed by atoms with van der Waals surface area (Å²) >= 11 is 0. The molecule has 0 spiro atoms. The van der Waals surface area contributed by atoms with Crippen molar-refractivity contribution in [3.8, 4) is 0 Å². The number of likely N-dealkylation sites (N-methyl/N-ethyl adjacent to an activating group) is 1. The molecule has 3 aliphatic rings. The van der Waals surface area contributed by atoms with Crippen molar-refractivity contribution in [1.29, 1.82) is 0 Å². The van der Waals surface area contributed by atoms with Gasteiger partial charge in [-0.1, -0.05) is 11.2 Å². The van der Waals surface area contributed by atoms with Crippen LogP contribution in [0, 0.1) is 5.92 Å². The highest BCUT2D eigenvalue weighted by Crippen LogP contribution is 2.32. The highest BCUT2D eigenvalue weighted by Gasteiger charge is 2.38. The number of hydrogen-bond acceptors (Lipinski definition) is 4. The molecule has 1 saturated heterocycles. The molecule has 0 N–H and O–H groups in total. The molecule has 1 fully saturated rings. The molecule has 0 amide bonds. The molecule has 4 nitrogen and oxygen atoms in total. The lowest BCUT2D eigenvalue weighted by Gasteiger charge is -2.27. The summed E-state index contributed by atoms with van der Waals surface area (Å²) in [7, 11) is 2.15. The van der Waals surface area contributed by atoms with Crippen molar-refractivity contribution in [2.45, 2.75) is 25.6 Å². The molecule has 2 unspecified atom stereocenters. The van der Waals surface area contributed by atoms with E-state index < -0.39 is 0 Å². The lowest BCUT2D eigenvalue weighted by molar-refractivity contribution is -0.162. The second-order valence-corrected chi connectivity index (χ2v) is 4.83. The molecule has 0 aliphatic carbocycles. The maximum Gasteiger partial charge on any atom is 0.235 e. The molecule has 0 radical (unpaired) electrons. The van der Waals surface area contributed by atoms with Crippen LogP contribution in [0.4, 0.5) is 0 Å². The Bertz CT molecular complexity index is 338. The largest absolute Gasteiger partial charge is 0.363 e. The van der Waals surface area contributed by atoms with E-state index in [0.29, 0.717) is 5.92 Å². The van der Waals surface area contributed by atoms with E-state index in [-0.39, 0.29) is 6.29 Å². The number of fused-ring (bicyclic) bond motifs is 1. The van der Waals surface area contributed by atoms with E-state index in [1.165, 1.54) is 5.57 Å². The maximum atomic E-state index is 5.57. The first-order valence-corrected chi connectivity index (χ1v) is 6.08. The van der Waals surface area contributed by atoms with Gasteiger partial charge in [-0.2, -0.15) is 0 Å². The molecule has 0 aromatic carbocycles. The zero-order valence-electron chi connectivity index (χ0n) is 9.69. The van der Waals surface area contributed by atoms with Gasteiger partial charge in [0.05, 0.1) is 18.2 Å². The van der Waals surface area contributed by atoms with E-state index in [9.17, 15) is 0 Å². The first-order chi connectivity index (χ1) is 7.84. The third kappa shape index (κ3) is 1.76. The van der Waals surface area contributed by atoms with Crippen LogP contribution >= 0.6 is 0 Å². The SMILES string of the molecule is CN1CCC=C(C2=NOC3OCCCC23)C1. The normalized spacial score (nSPS) is 35.1. The summed E-state index contributed by atoms with van der Waals surface area (Å²) in [5.74, 6) is 0.367. The highest BCUT2D eigenvalue weighted by atomic mass is 16.8. The monoisotopic (exact) mass is 222 g/mol. The maximum absolute atomic E-state index is 5.57. The second-order valence-electron chi connectivity index (χ2n) is 4.83. The van der Waals surface area contributed by atoms with Crippen molar-refractivity contribution in [3.63, 3.8) is 0 Å². The van der Waals surface area contributed by atoms with Gasteiger partial charge in [-0.15, -0.1) is 0 Å². The van der Waals surface area contributed by atoms with Gasteiger partial charge in [0, 0.05) is 13.1 Å². The molecule has 0 saturated carbocycles. The molecule has 16 heavy (non-hydrogen) atoms. The summed E-state index contributed by atoms with van der Waals surface area (Å²) < 4.78 is 5.57. The second kappa shape index (κ2) is 4.18. The number of rotatable bonds is 1. The van der Waals surface area contributed by atoms with E-state index >= 15 is 0 Å². The minimum atomic E-state index is -0.114. The van der Waals surface area contributed by atoms with Crippen molar-refractivity contribution in [1.82, 2.24) is 4.90 Å². The summed E-state index contributed by atoms with van der Waals surface area (Å²) in [6, 6.07) is 0. The zero-order valence-corrected chi connectivity index (χ0v) is 9.69. The molecule has 88 valence electrons. The Hall–Kier alpha value is -0.870. The van der Waals surface area contributed by atoms with E-state index in [1.807, 2.05) is 0 Å². The van der Waals surface area contributed by atoms with Crippen LogP contribution in [0.15, 0.2) is 16.8 Å². The molecule has 3 rings (SSSR count). The molecule has 2 atom stereocenters. The van der Waals surface area contributed by atoms with Crippen LogP contribution in [0.2, 0.25) is 0 Å². The van der Waals surface area contributed by atoms with Crippen molar-refractivity contribution < 1.29 is 9.57 Å². The highest BCUT2D eigenvalue weighted by molar-refractivity contribution is 6.03. The van der Waals surface area contributed by atoms with Crippen LogP contribution in [-0.2, 0) is 9.57 Å². The van der Waals surface area contributed by atoms with Gasteiger partial charge < -0.3 is 14.5 Å². The van der Waals surface area contributed by atoms with E-state index in [0.717, 1.165) is 44.7 Å². The first kappa shape index (κ1) is 10.3. The van der Waals surface area contributed by atoms with Crippen LogP contribution in [0.3, 0.4) is 0 Å². The lowest BCUT2D eigenvalue weighted by Crippen LogP contribution is -2.35. The van der Waals surface area contributed by atoms with E-state index in [2.05, 4.69) is 23.2 Å². The standard InChI is InChI=1S/C12H18N2O2/c1-14-6-2-4-9(8-14)11-10-5-3-7-15-12(10)16-13-11/h4,10,12H,2-3,5-8H2,1H3. The van der Waals surface area contributed by atoms with Crippen molar-refractivity contribution in [2.24, 2.45) is 11.1 Å². The topological polar surface area (TPSA) is 34.1 Å². The Balaban J connectivity index is 1.77. The number of oxime groups is 1. The van der Waals surface area contributed by atoms with Gasteiger partial charge in [-0.05, 0) is 31.9 Å². The molecular formula is C12H18N2O2. The Morgan fingerprint density at radius 2 is 2.44 bits per heavy atom. The van der Waals surface area contributed by atoms with Crippen molar-refractivity contribution in [2.75, 3.05) is 26.7 Å². The van der Waals surface area contributed by atoms with Crippen LogP contribution in [0.5, 0.6) is 0 Å². The van der Waals surface area contributed by atoms with Gasteiger partial charge in [0.25, 0.3) is 0 Å². The lowest BCUT2D eigenvalue weighted by atomic mass is 9.89. The number of ether oxygens (including phenoxy) is 1. The molecule has 0 aromatic rings. The van der Waals surface area contributed by atoms with E-state index in [1.54, 1.807) is 0 Å². The van der Waals surface area contributed by atoms with Crippen LogP contribution < -0.4 is 0 Å². The van der Waals surface area contributed by atoms with Gasteiger partial charge in [-0.25, -0.2) is 0 Å². The summed E-state index contributed by atoms with van der Waals surface area (Å²) in [5.41, 5.74) is 2.48. The zero-order chi connectivity index (χ0) is 11.0. The summed E-state index contributed by atoms with van der Waals surface area (Å²) in [4.78, 5) is 7.69. The third-order valence-corrected chi connectivity index (χ3v) is 3.55. The minimum absolute atomic E-state index is 0.114. The van der Waals surface area contributed by atoms with Crippen LogP contribution in [0.1, 0.15) is 19.3 Å². The van der Waals surface area contributed by atoms with Gasteiger partial charge >= 0.3 is 0 Å². The minimum Gasteiger partial charge on any atom is -0.363 e. The van der Waals surface area contributed by atoms with Gasteiger partial charge in [0.2, 0.25) is 6.29 Å². The quantitative estimate of drug-likeness (QED) is 0.672. The Labute approximate surface area is 95.9 Å². The average Bonchev–Trinajstić information content (AvgIpc) is 2.72. The number of hydrogen-bond donors (Lipinski definition) is 0. The van der Waals surface area contributed by atoms with Crippen molar-refractivity contribution >= 4 is 5.71 Å². The Morgan fingerprint density at radius 3 is 3.31 bits per heavy atom. The molecule has 3 aliphatic heterocycles. The summed E-state index contributed by atoms with van der Waals surface area (Å²) in [6.07, 6.45) is 5.57. The fraction of sp³-hybridized carbons (Fsp3) is 0.750. The van der Waals surface area contributed by atoms with E-state index in [4.69, 9.17) is 9.57 Å². The molecule has 4 heteroatoms. The fourth-order valence-electron chi connectivity index (χ4n) is 2.68. The van der Waals surface area contributed by atoms with Crippen LogP contribution in [-0.4, -0.2) is 43.6 Å². The number of nitrogens with zero attached hydrogens (tertiary/aromatic N) is 2. The van der Waals surface area contributed by atoms with Gasteiger partial charge in [0.15, 0.2) is 0 Å². The fourth-order valence-corrected chi connectivity index (χ4v) is 2.68. The molecule has 0 aromatic heterocycles. The van der Waals surface area contributed by atoms with Gasteiger partial charge in [-0.3, -0.25) is 0 Å². The van der Waals surface area contributed by atoms with Crippen LogP contribution in [0.25, 0.3) is 0 Å².